The molecule has 0 bridgehead atoms. The maximum absolute atomic E-state index is 8.76. The summed E-state index contributed by atoms with van der Waals surface area (Å²) < 4.78 is 0. The largest absolute Gasteiger partial charge is 0.396 e. The fourth-order valence-electron chi connectivity index (χ4n) is 3.16. The molecule has 0 aromatic rings. The van der Waals surface area contributed by atoms with Crippen LogP contribution in [0, 0.1) is 5.92 Å². The first-order valence-corrected chi connectivity index (χ1v) is 8.70. The lowest BCUT2D eigenvalue weighted by Crippen LogP contribution is -2.34. The van der Waals surface area contributed by atoms with Crippen LogP contribution in [0.1, 0.15) is 77.6 Å². The number of halogens is 1. The van der Waals surface area contributed by atoms with Crippen LogP contribution < -0.4 is 0 Å². The molecule has 122 valence electrons. The van der Waals surface area contributed by atoms with Gasteiger partial charge in [0.05, 0.1) is 0 Å². The summed E-state index contributed by atoms with van der Waals surface area (Å²) in [7, 11) is 0. The van der Waals surface area contributed by atoms with Crippen LogP contribution >= 0.6 is 12.4 Å². The van der Waals surface area contributed by atoms with Crippen molar-refractivity contribution in [2.24, 2.45) is 5.92 Å². The molecule has 0 unspecified atom stereocenters. The normalized spacial score (nSPS) is 17.1. The van der Waals surface area contributed by atoms with Crippen molar-refractivity contribution in [1.82, 2.24) is 4.90 Å². The number of unbranched alkanes of at least 4 members (excludes halogenated alkanes) is 6. The molecule has 0 aromatic heterocycles. The Labute approximate surface area is 132 Å². The van der Waals surface area contributed by atoms with Gasteiger partial charge in [0.2, 0.25) is 0 Å². The topological polar surface area (TPSA) is 23.5 Å². The van der Waals surface area contributed by atoms with Gasteiger partial charge in [0.25, 0.3) is 0 Å². The number of hydrogen-bond acceptors (Lipinski definition) is 2. The van der Waals surface area contributed by atoms with E-state index in [1.807, 2.05) is 0 Å². The second-order valence-electron chi connectivity index (χ2n) is 6.27. The molecule has 1 aliphatic heterocycles. The van der Waals surface area contributed by atoms with Crippen LogP contribution in [-0.2, 0) is 0 Å². The molecule has 1 saturated heterocycles. The van der Waals surface area contributed by atoms with Crippen LogP contribution in [-0.4, -0.2) is 36.2 Å². The van der Waals surface area contributed by atoms with Gasteiger partial charge in [-0.25, -0.2) is 0 Å². The Kier molecular flexibility index (Phi) is 14.3. The van der Waals surface area contributed by atoms with Gasteiger partial charge in [0, 0.05) is 6.61 Å². The van der Waals surface area contributed by atoms with E-state index in [0.29, 0.717) is 6.61 Å². The molecule has 1 N–H and O–H groups in total. The molecule has 1 aliphatic rings. The maximum atomic E-state index is 8.76. The fraction of sp³-hybridized carbons (Fsp3) is 1.00. The lowest BCUT2D eigenvalue weighted by atomic mass is 9.91. The van der Waals surface area contributed by atoms with Crippen LogP contribution in [0.15, 0.2) is 0 Å². The van der Waals surface area contributed by atoms with E-state index in [0.717, 1.165) is 12.3 Å². The van der Waals surface area contributed by atoms with Crippen LogP contribution in [0.5, 0.6) is 0 Å². The first kappa shape index (κ1) is 20.2. The predicted molar refractivity (Wildman–Crippen MR) is 90.7 cm³/mol. The van der Waals surface area contributed by atoms with Crippen LogP contribution in [0.4, 0.5) is 0 Å². The Morgan fingerprint density at radius 1 is 0.900 bits per heavy atom. The fourth-order valence-corrected chi connectivity index (χ4v) is 3.16. The molecule has 0 amide bonds. The van der Waals surface area contributed by atoms with E-state index in [1.165, 1.54) is 83.8 Å². The quantitative estimate of drug-likeness (QED) is 0.562. The molecule has 0 aromatic carbocycles. The lowest BCUT2D eigenvalue weighted by Gasteiger charge is -2.32. The number of piperidine rings is 1. The SMILES string of the molecule is CCCCCCCC1CCN(CCCCCO)CC1.Cl. The molecule has 0 radical (unpaired) electrons. The molecular formula is C17H36ClNO. The summed E-state index contributed by atoms with van der Waals surface area (Å²) >= 11 is 0. The van der Waals surface area contributed by atoms with Crippen molar-refractivity contribution in [3.8, 4) is 0 Å². The molecule has 2 nitrogen and oxygen atoms in total. The molecule has 20 heavy (non-hydrogen) atoms. The van der Waals surface area contributed by atoms with E-state index >= 15 is 0 Å². The third-order valence-electron chi connectivity index (χ3n) is 4.56. The van der Waals surface area contributed by atoms with E-state index < -0.39 is 0 Å². The predicted octanol–water partition coefficient (Wildman–Crippen LogP) is 4.64. The van der Waals surface area contributed by atoms with Gasteiger partial charge in [0.15, 0.2) is 0 Å². The van der Waals surface area contributed by atoms with Crippen molar-refractivity contribution >= 4 is 12.4 Å². The average molecular weight is 306 g/mol. The van der Waals surface area contributed by atoms with Crippen LogP contribution in [0.3, 0.4) is 0 Å². The minimum Gasteiger partial charge on any atom is -0.396 e. The zero-order chi connectivity index (χ0) is 13.8. The summed E-state index contributed by atoms with van der Waals surface area (Å²) in [4.78, 5) is 2.63. The van der Waals surface area contributed by atoms with E-state index in [-0.39, 0.29) is 12.4 Å². The van der Waals surface area contributed by atoms with Gasteiger partial charge >= 0.3 is 0 Å². The highest BCUT2D eigenvalue weighted by Crippen LogP contribution is 2.23. The molecule has 0 spiro atoms. The molecule has 0 atom stereocenters. The highest BCUT2D eigenvalue weighted by atomic mass is 35.5. The zero-order valence-corrected chi connectivity index (χ0v) is 14.3. The summed E-state index contributed by atoms with van der Waals surface area (Å²) in [5.74, 6) is 1.01. The van der Waals surface area contributed by atoms with E-state index in [4.69, 9.17) is 5.11 Å². The molecule has 1 rings (SSSR count). The molecule has 3 heteroatoms. The second kappa shape index (κ2) is 14.2. The summed E-state index contributed by atoms with van der Waals surface area (Å²) in [6, 6.07) is 0. The van der Waals surface area contributed by atoms with E-state index in [1.54, 1.807) is 0 Å². The highest BCUT2D eigenvalue weighted by Gasteiger charge is 2.18. The van der Waals surface area contributed by atoms with Crippen molar-refractivity contribution < 1.29 is 5.11 Å². The van der Waals surface area contributed by atoms with E-state index in [9.17, 15) is 0 Å². The third kappa shape index (κ3) is 10.0. The van der Waals surface area contributed by atoms with Gasteiger partial charge in [-0.2, -0.15) is 0 Å². The molecule has 0 aliphatic carbocycles. The first-order valence-electron chi connectivity index (χ1n) is 8.70. The van der Waals surface area contributed by atoms with Gasteiger partial charge in [-0.3, -0.25) is 0 Å². The third-order valence-corrected chi connectivity index (χ3v) is 4.56. The summed E-state index contributed by atoms with van der Waals surface area (Å²) in [6.07, 6.45) is 14.9. The number of aliphatic hydroxyl groups is 1. The zero-order valence-electron chi connectivity index (χ0n) is 13.5. The summed E-state index contributed by atoms with van der Waals surface area (Å²) in [5, 5.41) is 8.76. The number of hydrogen-bond donors (Lipinski definition) is 1. The molecule has 1 fully saturated rings. The van der Waals surface area contributed by atoms with Crippen molar-refractivity contribution in [2.45, 2.75) is 77.6 Å². The Hall–Kier alpha value is 0.210. The van der Waals surface area contributed by atoms with E-state index in [2.05, 4.69) is 11.8 Å². The summed E-state index contributed by atoms with van der Waals surface area (Å²) in [5.41, 5.74) is 0. The molecular weight excluding hydrogens is 270 g/mol. The maximum Gasteiger partial charge on any atom is 0.0431 e. The van der Waals surface area contributed by atoms with Gasteiger partial charge in [-0.1, -0.05) is 45.4 Å². The highest BCUT2D eigenvalue weighted by molar-refractivity contribution is 5.85. The van der Waals surface area contributed by atoms with Crippen molar-refractivity contribution in [3.63, 3.8) is 0 Å². The number of nitrogens with zero attached hydrogens (tertiary/aromatic N) is 1. The van der Waals surface area contributed by atoms with Gasteiger partial charge in [-0.05, 0) is 57.7 Å². The van der Waals surface area contributed by atoms with Crippen molar-refractivity contribution in [2.75, 3.05) is 26.2 Å². The van der Waals surface area contributed by atoms with Gasteiger partial charge in [-0.15, -0.1) is 12.4 Å². The molecule has 0 saturated carbocycles. The first-order chi connectivity index (χ1) is 9.36. The Morgan fingerprint density at radius 2 is 1.55 bits per heavy atom. The van der Waals surface area contributed by atoms with Crippen LogP contribution in [0.25, 0.3) is 0 Å². The lowest BCUT2D eigenvalue weighted by molar-refractivity contribution is 0.172. The van der Waals surface area contributed by atoms with Crippen molar-refractivity contribution in [3.05, 3.63) is 0 Å². The Balaban J connectivity index is 0.00000361. The molecule has 1 heterocycles. The Morgan fingerprint density at radius 3 is 2.20 bits per heavy atom. The second-order valence-corrected chi connectivity index (χ2v) is 6.27. The number of aliphatic hydroxyl groups excluding tert-OH is 1. The Bertz CT molecular complexity index is 193. The van der Waals surface area contributed by atoms with Crippen molar-refractivity contribution in [1.29, 1.82) is 0 Å². The smallest absolute Gasteiger partial charge is 0.0431 e. The minimum atomic E-state index is 0. The van der Waals surface area contributed by atoms with Gasteiger partial charge < -0.3 is 10.0 Å². The monoisotopic (exact) mass is 305 g/mol. The van der Waals surface area contributed by atoms with Gasteiger partial charge in [0.1, 0.15) is 0 Å². The number of rotatable bonds is 11. The summed E-state index contributed by atoms with van der Waals surface area (Å²) in [6.45, 7) is 6.54. The van der Waals surface area contributed by atoms with Crippen LogP contribution in [0.2, 0.25) is 0 Å². The average Bonchev–Trinajstić information content (AvgIpc) is 2.45. The number of likely N-dealkylation sites (tertiary alicyclic amines) is 1. The minimum absolute atomic E-state index is 0. The standard InChI is InChI=1S/C17H35NO.ClH/c1-2-3-4-5-7-10-17-11-14-18(15-12-17)13-8-6-9-16-19;/h17,19H,2-16H2,1H3;1H.